The summed E-state index contributed by atoms with van der Waals surface area (Å²) in [4.78, 5) is 12.5. The van der Waals surface area contributed by atoms with E-state index in [2.05, 4.69) is 5.32 Å². The molecule has 0 aliphatic heterocycles. The monoisotopic (exact) mass is 591 g/mol. The van der Waals surface area contributed by atoms with E-state index in [0.29, 0.717) is 18.6 Å². The van der Waals surface area contributed by atoms with Crippen molar-refractivity contribution >= 4 is 33.0 Å². The molecule has 0 spiro atoms. The Balaban J connectivity index is 1.56. The first-order valence-electron chi connectivity index (χ1n) is 12.3. The molecule has 2 fully saturated rings. The number of nitrogens with one attached hydrogen (secondary N) is 1. The van der Waals surface area contributed by atoms with Gasteiger partial charge in [0, 0.05) is 23.4 Å². The Morgan fingerprint density at radius 1 is 1.21 bits per heavy atom. The number of anilines is 1. The molecule has 0 saturated heterocycles. The number of aliphatic hydroxyl groups is 3. The molecule has 2 aliphatic carbocycles. The molecule has 0 radical (unpaired) electrons. The van der Waals surface area contributed by atoms with Crippen LogP contribution in [0.4, 0.5) is 18.9 Å². The number of carbonyl (C=O) groups excluding carboxylic acids is 1. The third-order valence-electron chi connectivity index (χ3n) is 7.54. The van der Waals surface area contributed by atoms with Crippen LogP contribution in [0.3, 0.4) is 0 Å². The second kappa shape index (κ2) is 11.3. The Kier molecular flexibility index (Phi) is 8.65. The second-order valence-electron chi connectivity index (χ2n) is 10.5. The molecular weight excluding hydrogens is 563 g/mol. The maximum atomic E-state index is 13.9. The first kappa shape index (κ1) is 29.8. The summed E-state index contributed by atoms with van der Waals surface area (Å²) in [7, 11) is -4.10. The van der Waals surface area contributed by atoms with E-state index in [9.17, 15) is 36.6 Å². The van der Waals surface area contributed by atoms with Gasteiger partial charge in [-0.25, -0.2) is 21.6 Å². The number of aliphatic hydroxyl groups excluding tert-OH is 2. The largest absolute Gasteiger partial charge is 0.394 e. The van der Waals surface area contributed by atoms with E-state index in [1.165, 1.54) is 12.1 Å². The van der Waals surface area contributed by atoms with Crippen molar-refractivity contribution in [3.05, 3.63) is 58.4 Å². The fourth-order valence-electron chi connectivity index (χ4n) is 5.87. The summed E-state index contributed by atoms with van der Waals surface area (Å²) in [6.07, 6.45) is -0.292. The lowest BCUT2D eigenvalue weighted by molar-refractivity contribution is -0.0997. The van der Waals surface area contributed by atoms with Crippen molar-refractivity contribution in [1.82, 2.24) is 0 Å². The van der Waals surface area contributed by atoms with Gasteiger partial charge in [0.1, 0.15) is 6.10 Å². The number of hydrogen-bond acceptors (Lipinski definition) is 7. The van der Waals surface area contributed by atoms with Gasteiger partial charge in [-0.3, -0.25) is 4.79 Å². The Hall–Kier alpha value is -2.22. The van der Waals surface area contributed by atoms with Crippen LogP contribution in [-0.4, -0.2) is 66.4 Å². The number of sulfone groups is 1. The Morgan fingerprint density at radius 3 is 2.49 bits per heavy atom. The molecule has 214 valence electrons. The summed E-state index contributed by atoms with van der Waals surface area (Å²) in [5, 5.41) is 30.8. The quantitative estimate of drug-likeness (QED) is 0.329. The van der Waals surface area contributed by atoms with Crippen molar-refractivity contribution in [1.29, 1.82) is 0 Å². The molecule has 2 aliphatic rings. The number of fused-ring (bicyclic) bond motifs is 2. The highest BCUT2D eigenvalue weighted by atomic mass is 35.5. The first-order valence-corrected chi connectivity index (χ1v) is 14.3. The van der Waals surface area contributed by atoms with Gasteiger partial charge in [-0.1, -0.05) is 18.5 Å². The highest BCUT2D eigenvalue weighted by Crippen LogP contribution is 2.54. The molecule has 2 aromatic rings. The van der Waals surface area contributed by atoms with Crippen LogP contribution in [0.2, 0.25) is 5.02 Å². The van der Waals surface area contributed by atoms with E-state index < -0.39 is 68.6 Å². The highest BCUT2D eigenvalue weighted by molar-refractivity contribution is 7.92. The van der Waals surface area contributed by atoms with Gasteiger partial charge < -0.3 is 25.4 Å². The van der Waals surface area contributed by atoms with Crippen LogP contribution in [0.15, 0.2) is 35.2 Å². The van der Waals surface area contributed by atoms with Crippen LogP contribution < -0.4 is 5.32 Å². The van der Waals surface area contributed by atoms with Crippen molar-refractivity contribution in [2.45, 2.75) is 48.0 Å². The zero-order valence-corrected chi connectivity index (χ0v) is 22.5. The third kappa shape index (κ3) is 6.10. The predicted octanol–water partition coefficient (Wildman–Crippen LogP) is 3.32. The summed E-state index contributed by atoms with van der Waals surface area (Å²) in [5.41, 5.74) is -1.82. The number of amides is 1. The normalized spacial score (nSPS) is 27.4. The lowest BCUT2D eigenvalue weighted by atomic mass is 9.76. The summed E-state index contributed by atoms with van der Waals surface area (Å²) in [6.45, 7) is 1.11. The van der Waals surface area contributed by atoms with Gasteiger partial charge in [-0.05, 0) is 55.2 Å². The molecule has 4 rings (SSSR count). The zero-order valence-electron chi connectivity index (χ0n) is 20.9. The van der Waals surface area contributed by atoms with Crippen molar-refractivity contribution < 1.29 is 46.4 Å². The summed E-state index contributed by atoms with van der Waals surface area (Å²) < 4.78 is 73.5. The van der Waals surface area contributed by atoms with E-state index in [1.807, 2.05) is 6.92 Å². The number of carbonyl (C=O) groups is 1. The minimum absolute atomic E-state index is 0.0413. The summed E-state index contributed by atoms with van der Waals surface area (Å²) in [5.74, 6) is -6.48. The van der Waals surface area contributed by atoms with E-state index in [0.717, 1.165) is 6.07 Å². The van der Waals surface area contributed by atoms with Crippen LogP contribution in [0.1, 0.15) is 36.5 Å². The molecule has 2 aromatic carbocycles. The summed E-state index contributed by atoms with van der Waals surface area (Å²) in [6, 6.07) is 4.77. The predicted molar refractivity (Wildman–Crippen MR) is 136 cm³/mol. The van der Waals surface area contributed by atoms with Gasteiger partial charge in [0.05, 0.1) is 40.6 Å². The molecule has 2 saturated carbocycles. The lowest BCUT2D eigenvalue weighted by Gasteiger charge is -2.41. The van der Waals surface area contributed by atoms with E-state index in [-0.39, 0.29) is 53.1 Å². The highest BCUT2D eigenvalue weighted by Gasteiger charge is 2.57. The molecule has 39 heavy (non-hydrogen) atoms. The van der Waals surface area contributed by atoms with E-state index in [1.54, 1.807) is 0 Å². The van der Waals surface area contributed by atoms with Gasteiger partial charge in [-0.15, -0.1) is 0 Å². The van der Waals surface area contributed by atoms with Crippen molar-refractivity contribution in [3.63, 3.8) is 0 Å². The summed E-state index contributed by atoms with van der Waals surface area (Å²) >= 11 is 6.28. The Bertz CT molecular complexity index is 1340. The molecule has 0 aromatic heterocycles. The number of rotatable bonds is 9. The molecule has 2 bridgehead atoms. The minimum atomic E-state index is -4.10. The SMILES string of the molecule is C[C@H]1CC2C[C@](O)(COCC(O)CO)CC1[C@@H]2S(=O)(=O)c1cc(C(=O)Nc2cc(F)c(F)c(F)c2)ccc1Cl. The van der Waals surface area contributed by atoms with Gasteiger partial charge in [-0.2, -0.15) is 0 Å². The average Bonchev–Trinajstić information content (AvgIpc) is 3.09. The van der Waals surface area contributed by atoms with E-state index >= 15 is 0 Å². The molecule has 4 N–H and O–H groups in total. The van der Waals surface area contributed by atoms with Gasteiger partial charge >= 0.3 is 0 Å². The smallest absolute Gasteiger partial charge is 0.255 e. The number of ether oxygens (including phenoxy) is 1. The Morgan fingerprint density at radius 2 is 1.87 bits per heavy atom. The van der Waals surface area contributed by atoms with Crippen LogP contribution >= 0.6 is 11.6 Å². The first-order chi connectivity index (χ1) is 18.3. The van der Waals surface area contributed by atoms with Crippen LogP contribution in [-0.2, 0) is 14.6 Å². The van der Waals surface area contributed by atoms with E-state index in [4.69, 9.17) is 21.4 Å². The van der Waals surface area contributed by atoms with Crippen LogP contribution in [0, 0.1) is 35.2 Å². The molecule has 3 unspecified atom stereocenters. The van der Waals surface area contributed by atoms with Crippen molar-refractivity contribution in [3.8, 4) is 0 Å². The number of halogens is 4. The number of hydrogen-bond donors (Lipinski definition) is 4. The number of benzene rings is 2. The van der Waals surface area contributed by atoms with Gasteiger partial charge in [0.25, 0.3) is 5.91 Å². The fraction of sp³-hybridized carbons (Fsp3) is 0.500. The fourth-order valence-corrected chi connectivity index (χ4v) is 8.77. The average molecular weight is 592 g/mol. The molecule has 6 atom stereocenters. The van der Waals surface area contributed by atoms with Gasteiger partial charge in [0.2, 0.25) is 0 Å². The second-order valence-corrected chi connectivity index (χ2v) is 13.0. The zero-order chi connectivity index (χ0) is 28.7. The topological polar surface area (TPSA) is 133 Å². The molecule has 1 amide bonds. The Labute approximate surface area is 228 Å². The molecule has 13 heteroatoms. The molecule has 8 nitrogen and oxygen atoms in total. The van der Waals surface area contributed by atoms with Crippen LogP contribution in [0.25, 0.3) is 0 Å². The van der Waals surface area contributed by atoms with Gasteiger partial charge in [0.15, 0.2) is 27.3 Å². The maximum absolute atomic E-state index is 13.9. The maximum Gasteiger partial charge on any atom is 0.255 e. The van der Waals surface area contributed by atoms with Crippen LogP contribution in [0.5, 0.6) is 0 Å². The standard InChI is InChI=1S/C26H29ClF3NO7S/c1-13-4-15-8-26(35,12-38-11-17(33)10-32)9-18(13)24(15)39(36,37)22-5-14(2-3-19(22)27)25(34)31-16-6-20(28)23(30)21(29)7-16/h2-3,5-7,13,15,17-18,24,32-33,35H,4,8-12H2,1H3,(H,31,34)/t13-,15?,17?,18?,24+,26+/m0/s1. The molecule has 0 heterocycles. The molecular formula is C26H29ClF3NO7S. The van der Waals surface area contributed by atoms with Crippen molar-refractivity contribution in [2.75, 3.05) is 25.1 Å². The lowest BCUT2D eigenvalue weighted by Crippen LogP contribution is -2.49. The van der Waals surface area contributed by atoms with Crippen molar-refractivity contribution in [2.24, 2.45) is 17.8 Å². The third-order valence-corrected chi connectivity index (χ3v) is 10.4. The minimum Gasteiger partial charge on any atom is -0.394 e.